The maximum absolute atomic E-state index is 12.8. The Labute approximate surface area is 723 Å². The molecule has 0 radical (unpaired) electrons. The van der Waals surface area contributed by atoms with Crippen LogP contribution in [0.2, 0.25) is 18.1 Å². The summed E-state index contributed by atoms with van der Waals surface area (Å²) in [5.74, 6) is 0.881. The second kappa shape index (κ2) is 74.7. The van der Waals surface area contributed by atoms with Crippen LogP contribution in [0.4, 0.5) is 13.2 Å². The number of aryl methyl sites for hydroxylation is 2. The minimum Gasteiger partial charge on any atom is -0.461 e. The highest BCUT2D eigenvalue weighted by molar-refractivity contribution is 6.09. The van der Waals surface area contributed by atoms with Gasteiger partial charge in [0.1, 0.15) is 24.6 Å². The van der Waals surface area contributed by atoms with Crippen molar-refractivity contribution in [3.8, 4) is 0 Å². The predicted octanol–water partition coefficient (Wildman–Crippen LogP) is 21.0. The SMILES string of the molecule is CC(=O)OC(C)c1ccc(F)c(F)c1.CC(=O)OC(C)c1ccc(F)cc1.CC(=O)OCc1ccccc1.CC(C)c1ccccc1.CCc1ccccc1.Cc1ccccc1.[SiH3]CCC1CCCCC1.[SiH3]CCC1CCCCC1.[SiH3]CCC1CCCCC1.[SiH3]COC1CCCCC1.[SiH3]COC1CCCCC1.[SiH3]COC1CCCCC1. The molecule has 6 aromatic carbocycles. The van der Waals surface area contributed by atoms with E-state index in [0.29, 0.717) is 36.4 Å². The van der Waals surface area contributed by atoms with E-state index in [1.165, 1.54) is 289 Å². The van der Waals surface area contributed by atoms with Gasteiger partial charge in [0.05, 0.1) is 18.3 Å². The van der Waals surface area contributed by atoms with Crippen molar-refractivity contribution in [2.45, 2.75) is 342 Å². The van der Waals surface area contributed by atoms with Crippen LogP contribution in [0.25, 0.3) is 0 Å². The van der Waals surface area contributed by atoms with Crippen molar-refractivity contribution in [3.05, 3.63) is 215 Å². The Hall–Kier alpha value is -5.30. The maximum Gasteiger partial charge on any atom is 0.303 e. The third-order valence-electron chi connectivity index (χ3n) is 21.5. The van der Waals surface area contributed by atoms with Crippen LogP contribution < -0.4 is 0 Å². The zero-order valence-corrected chi connectivity index (χ0v) is 87.6. The lowest BCUT2D eigenvalue weighted by Crippen LogP contribution is -2.16. The van der Waals surface area contributed by atoms with Gasteiger partial charge < -0.3 is 28.4 Å². The van der Waals surface area contributed by atoms with E-state index in [4.69, 9.17) is 28.4 Å². The van der Waals surface area contributed by atoms with Gasteiger partial charge >= 0.3 is 17.9 Å². The highest BCUT2D eigenvalue weighted by Gasteiger charge is 2.17. The molecule has 0 saturated heterocycles. The van der Waals surface area contributed by atoms with Crippen molar-refractivity contribution >= 4 is 79.4 Å². The van der Waals surface area contributed by atoms with E-state index in [0.717, 1.165) is 66.1 Å². The molecule has 2 unspecified atom stereocenters. The summed E-state index contributed by atoms with van der Waals surface area (Å²) in [6, 6.07) is 54.7. The molecule has 6 aliphatic carbocycles. The third-order valence-corrected chi connectivity index (χ3v) is 24.2. The summed E-state index contributed by atoms with van der Waals surface area (Å²) in [4.78, 5) is 31.6. The van der Waals surface area contributed by atoms with Gasteiger partial charge in [-0.25, -0.2) is 13.2 Å². The molecule has 9 nitrogen and oxygen atoms in total. The molecule has 6 aliphatic rings. The smallest absolute Gasteiger partial charge is 0.303 e. The molecule has 0 spiro atoms. The molecule has 0 aliphatic heterocycles. The van der Waals surface area contributed by atoms with Crippen molar-refractivity contribution < 1.29 is 56.0 Å². The fraction of sp³-hybridized carbons (Fsp3) is 0.602. The van der Waals surface area contributed by atoms with E-state index in [1.54, 1.807) is 83.8 Å². The average Bonchev–Trinajstić information content (AvgIpc) is 0.860. The lowest BCUT2D eigenvalue weighted by Gasteiger charge is -2.20. The molecule has 0 aromatic heterocycles. The Morgan fingerprint density at radius 3 is 0.940 bits per heavy atom. The molecule has 6 fully saturated rings. The molecule has 18 heteroatoms. The lowest BCUT2D eigenvalue weighted by atomic mass is 9.88. The number of ether oxygens (including phenoxy) is 6. The first-order chi connectivity index (χ1) is 56.1. The number of rotatable bonds is 20. The fourth-order valence-electron chi connectivity index (χ4n) is 15.0. The Balaban J connectivity index is 0.000000635. The second-order valence-electron chi connectivity index (χ2n) is 32.1. The van der Waals surface area contributed by atoms with Gasteiger partial charge in [0.25, 0.3) is 0 Å². The van der Waals surface area contributed by atoms with E-state index < -0.39 is 23.7 Å². The van der Waals surface area contributed by atoms with Crippen molar-refractivity contribution in [2.24, 2.45) is 17.8 Å². The Morgan fingerprint density at radius 1 is 0.362 bits per heavy atom. The van der Waals surface area contributed by atoms with Crippen LogP contribution in [0, 0.1) is 42.1 Å². The van der Waals surface area contributed by atoms with Crippen LogP contribution in [0.5, 0.6) is 0 Å². The third kappa shape index (κ3) is 61.9. The first-order valence-corrected chi connectivity index (χ1v) is 54.3. The Bertz CT molecular complexity index is 3020. The molecule has 0 bridgehead atoms. The number of benzene rings is 6. The maximum atomic E-state index is 12.8. The monoisotopic (exact) mass is 1710 g/mol. The largest absolute Gasteiger partial charge is 0.461 e. The zero-order valence-electron chi connectivity index (χ0n) is 75.6. The molecule has 12 rings (SSSR count). The summed E-state index contributed by atoms with van der Waals surface area (Å²) in [6.45, 7) is 16.4. The minimum absolute atomic E-state index is 0.242. The molecule has 2 atom stereocenters. The summed E-state index contributed by atoms with van der Waals surface area (Å²) in [7, 11) is 7.87. The van der Waals surface area contributed by atoms with E-state index in [9.17, 15) is 27.6 Å². The molecule has 6 saturated carbocycles. The van der Waals surface area contributed by atoms with E-state index in [1.807, 2.05) is 60.7 Å². The van der Waals surface area contributed by atoms with E-state index in [2.05, 4.69) is 88.4 Å². The first kappa shape index (κ1) is 109. The zero-order chi connectivity index (χ0) is 85.5. The standard InChI is InChI=1S/C10H10F2O2.C10H11FO2.C9H10O2.C9H12.3C8H18Si.C8H10.3C7H16OSi.C7H8/c1-6(14-7(2)13)8-3-4-9(11)10(12)5-8;1-7(13-8(2)12)9-3-5-10(11)6-4-9;1-8(10)11-7-9-5-3-2-4-6-9;1-8(2)9-6-4-3-5-7-9;3*9-7-6-8-4-2-1-3-5-8;1-2-8-6-4-3-5-7-8;3*9-6-8-7-4-2-1-3-5-7;1-7-5-3-2-4-6-7/h3-6H,1-2H3;3-7H,1-2H3;2-6H,7H2,1H3;3-8H,1-2H3;3*8H,1-7H2,9H3;3-7H,2H2,1H3;3*7H,1-6H2,9H3;2-6H,1H3. The average molecular weight is 1710 g/mol. The number of carbonyl (C=O) groups excluding carboxylic acids is 3. The molecule has 6 aromatic rings. The molecule has 654 valence electrons. The van der Waals surface area contributed by atoms with Crippen LogP contribution >= 0.6 is 0 Å². The van der Waals surface area contributed by atoms with Crippen molar-refractivity contribution in [1.82, 2.24) is 0 Å². The number of esters is 3. The first-order valence-electron chi connectivity index (χ1n) is 45.8. The molecule has 0 heterocycles. The summed E-state index contributed by atoms with van der Waals surface area (Å²) < 4.78 is 68.9. The Kier molecular flexibility index (Phi) is 70.0. The number of carbonyl (C=O) groups is 3. The van der Waals surface area contributed by atoms with Crippen molar-refractivity contribution in [3.63, 3.8) is 0 Å². The summed E-state index contributed by atoms with van der Waals surface area (Å²) in [6.07, 6.45) is 53.4. The van der Waals surface area contributed by atoms with E-state index in [-0.39, 0.29) is 23.9 Å². The summed E-state index contributed by atoms with van der Waals surface area (Å²) in [5, 5.41) is 0. The highest BCUT2D eigenvalue weighted by atomic mass is 28.2. The number of halogens is 3. The quantitative estimate of drug-likeness (QED) is 0.0420. The van der Waals surface area contributed by atoms with Crippen LogP contribution in [0.1, 0.15) is 319 Å². The van der Waals surface area contributed by atoms with Crippen LogP contribution in [0.3, 0.4) is 0 Å². The topological polar surface area (TPSA) is 107 Å². The summed E-state index contributed by atoms with van der Waals surface area (Å²) >= 11 is 0. The van der Waals surface area contributed by atoms with Gasteiger partial charge in [-0.15, -0.1) is 0 Å². The van der Waals surface area contributed by atoms with Crippen LogP contribution in [-0.4, -0.2) is 116 Å². The van der Waals surface area contributed by atoms with Gasteiger partial charge in [-0.3, -0.25) is 14.4 Å². The number of hydrogen-bond acceptors (Lipinski definition) is 9. The molecule has 0 amide bonds. The predicted molar refractivity (Wildman–Crippen MR) is 509 cm³/mol. The molecular weight excluding hydrogens is 1550 g/mol. The fourth-order valence-corrected chi connectivity index (χ4v) is 18.9. The van der Waals surface area contributed by atoms with Crippen molar-refractivity contribution in [1.29, 1.82) is 0 Å². The van der Waals surface area contributed by atoms with Gasteiger partial charge in [0, 0.05) is 101 Å². The van der Waals surface area contributed by atoms with Gasteiger partial charge in [0.15, 0.2) is 11.6 Å². The molecule has 116 heavy (non-hydrogen) atoms. The van der Waals surface area contributed by atoms with Crippen molar-refractivity contribution in [2.75, 3.05) is 18.7 Å². The minimum atomic E-state index is -0.943. The second-order valence-corrected chi connectivity index (χ2v) is 36.8. The molecule has 0 N–H and O–H groups in total. The van der Waals surface area contributed by atoms with Gasteiger partial charge in [-0.1, -0.05) is 357 Å². The molecular formula is C98H163F3O9Si6. The van der Waals surface area contributed by atoms with Crippen LogP contribution in [-0.2, 0) is 55.8 Å². The van der Waals surface area contributed by atoms with Gasteiger partial charge in [-0.2, -0.15) is 0 Å². The van der Waals surface area contributed by atoms with Gasteiger partial charge in [0.2, 0.25) is 0 Å². The van der Waals surface area contributed by atoms with Crippen LogP contribution in [0.15, 0.2) is 164 Å². The van der Waals surface area contributed by atoms with E-state index >= 15 is 0 Å². The summed E-state index contributed by atoms with van der Waals surface area (Å²) in [5.41, 5.74) is 6.38. The normalized spacial score (nSPS) is 16.2. The highest BCUT2D eigenvalue weighted by Crippen LogP contribution is 2.30. The lowest BCUT2D eigenvalue weighted by molar-refractivity contribution is -0.146. The van der Waals surface area contributed by atoms with Gasteiger partial charge in [-0.05, 0) is 141 Å². The number of hydrogen-bond donors (Lipinski definition) is 0. The Morgan fingerprint density at radius 2 is 0.672 bits per heavy atom.